The number of hydrogen-bond acceptors (Lipinski definition) is 7. The Morgan fingerprint density at radius 3 is 2.33 bits per heavy atom. The van der Waals surface area contributed by atoms with E-state index in [0.717, 1.165) is 17.7 Å². The quantitative estimate of drug-likeness (QED) is 0.0953. The maximum atomic E-state index is 16.0. The molecule has 1 fully saturated rings. The number of ketones is 1. The molecular formula is C38H43ClF2N4O7. The first-order valence-electron chi connectivity index (χ1n) is 17.2. The molecule has 1 aliphatic heterocycles. The maximum Gasteiger partial charge on any atom is 0.408 e. The standard InChI is InChI=1S/C38H43ClF2N4O7/c1-2-3-17-30(45-37(50)52-33(26-13-8-5-9-14-26)38(40,41)28-15-10-16-29(39)23-28)35(48)44-31(22-27-18-19-42-34(27)47)32(46)36(49)43-20-21-51-24-25-11-6-4-7-12-25/h4-16,23,27,30-31,33H,2-3,17-22,24H2,1H3,(H,42,47)(H,43,49)(H,44,48)(H,45,50)/t27-,30-,31-,33?/m0/s1. The molecule has 4 atom stereocenters. The van der Waals surface area contributed by atoms with E-state index in [2.05, 4.69) is 21.3 Å². The number of Topliss-reactive ketones (excluding diaryl/α,β-unsaturated/α-hetero) is 1. The van der Waals surface area contributed by atoms with E-state index in [4.69, 9.17) is 21.1 Å². The van der Waals surface area contributed by atoms with Crippen LogP contribution in [0.2, 0.25) is 5.02 Å². The van der Waals surface area contributed by atoms with Crippen LogP contribution in [0, 0.1) is 5.92 Å². The van der Waals surface area contributed by atoms with Crippen LogP contribution in [0.15, 0.2) is 84.9 Å². The number of carbonyl (C=O) groups is 5. The van der Waals surface area contributed by atoms with Gasteiger partial charge >= 0.3 is 12.0 Å². The summed E-state index contributed by atoms with van der Waals surface area (Å²) in [5.41, 5.74) is 0.442. The van der Waals surface area contributed by atoms with Crippen LogP contribution in [-0.4, -0.2) is 61.4 Å². The highest BCUT2D eigenvalue weighted by atomic mass is 35.5. The Morgan fingerprint density at radius 2 is 1.67 bits per heavy atom. The SMILES string of the molecule is CCCC[C@H](NC(=O)OC(c1ccccc1)C(F)(F)c1cccc(Cl)c1)C(=O)N[C@@H](C[C@@H]1CCNC1=O)C(=O)C(=O)NCCOCc1ccccc1. The molecule has 4 rings (SSSR count). The first kappa shape index (κ1) is 39.9. The fraction of sp³-hybridized carbons (Fsp3) is 0.395. The van der Waals surface area contributed by atoms with Gasteiger partial charge in [-0.25, -0.2) is 4.79 Å². The van der Waals surface area contributed by atoms with E-state index in [9.17, 15) is 24.0 Å². The Hall–Kier alpha value is -4.88. The molecule has 0 spiro atoms. The van der Waals surface area contributed by atoms with Gasteiger partial charge < -0.3 is 30.7 Å². The summed E-state index contributed by atoms with van der Waals surface area (Å²) < 4.78 is 42.8. The van der Waals surface area contributed by atoms with Gasteiger partial charge in [-0.3, -0.25) is 19.2 Å². The number of amides is 4. The Labute approximate surface area is 306 Å². The van der Waals surface area contributed by atoms with Crippen LogP contribution in [0.3, 0.4) is 0 Å². The molecule has 278 valence electrons. The molecule has 0 bridgehead atoms. The summed E-state index contributed by atoms with van der Waals surface area (Å²) in [7, 11) is 0. The molecule has 1 saturated heterocycles. The van der Waals surface area contributed by atoms with Crippen molar-refractivity contribution >= 4 is 41.2 Å². The third-order valence-corrected chi connectivity index (χ3v) is 8.74. The van der Waals surface area contributed by atoms with Crippen LogP contribution in [0.1, 0.15) is 61.8 Å². The van der Waals surface area contributed by atoms with Crippen LogP contribution in [0.4, 0.5) is 13.6 Å². The lowest BCUT2D eigenvalue weighted by molar-refractivity contribution is -0.141. The summed E-state index contributed by atoms with van der Waals surface area (Å²) in [5, 5.41) is 10.1. The summed E-state index contributed by atoms with van der Waals surface area (Å²) in [4.78, 5) is 65.7. The number of nitrogens with one attached hydrogen (secondary N) is 4. The molecule has 1 unspecified atom stereocenters. The van der Waals surface area contributed by atoms with Gasteiger partial charge in [0.25, 0.3) is 5.91 Å². The second kappa shape index (κ2) is 19.7. The van der Waals surface area contributed by atoms with Crippen LogP contribution in [0.25, 0.3) is 0 Å². The molecule has 1 heterocycles. The van der Waals surface area contributed by atoms with Gasteiger partial charge in [0.2, 0.25) is 17.6 Å². The lowest BCUT2D eigenvalue weighted by atomic mass is 9.95. The highest BCUT2D eigenvalue weighted by Gasteiger charge is 2.46. The van der Waals surface area contributed by atoms with Crippen LogP contribution in [0.5, 0.6) is 0 Å². The summed E-state index contributed by atoms with van der Waals surface area (Å²) in [6, 6.07) is 19.1. The Kier molecular flexibility index (Phi) is 15.1. The van der Waals surface area contributed by atoms with Gasteiger partial charge in [0, 0.05) is 29.6 Å². The largest absolute Gasteiger partial charge is 0.434 e. The number of hydrogen-bond donors (Lipinski definition) is 4. The minimum atomic E-state index is -3.73. The number of alkyl halides is 2. The van der Waals surface area contributed by atoms with E-state index in [1.807, 2.05) is 37.3 Å². The Morgan fingerprint density at radius 1 is 0.962 bits per heavy atom. The number of carbonyl (C=O) groups excluding carboxylic acids is 5. The average Bonchev–Trinajstić information content (AvgIpc) is 3.55. The molecule has 52 heavy (non-hydrogen) atoms. The van der Waals surface area contributed by atoms with Gasteiger partial charge in [0.15, 0.2) is 6.10 Å². The van der Waals surface area contributed by atoms with Crippen molar-refractivity contribution in [2.45, 2.75) is 69.7 Å². The lowest BCUT2D eigenvalue weighted by Gasteiger charge is -2.29. The van der Waals surface area contributed by atoms with Crippen molar-refractivity contribution in [2.75, 3.05) is 19.7 Å². The Balaban J connectivity index is 1.45. The molecule has 3 aromatic carbocycles. The highest BCUT2D eigenvalue weighted by Crippen LogP contribution is 2.43. The van der Waals surface area contributed by atoms with E-state index in [1.165, 1.54) is 36.4 Å². The van der Waals surface area contributed by atoms with Crippen LogP contribution < -0.4 is 21.3 Å². The summed E-state index contributed by atoms with van der Waals surface area (Å²) in [5.74, 6) is -7.53. The van der Waals surface area contributed by atoms with Crippen molar-refractivity contribution in [1.82, 2.24) is 21.3 Å². The minimum absolute atomic E-state index is 0.00540. The molecule has 0 aliphatic carbocycles. The first-order valence-corrected chi connectivity index (χ1v) is 17.5. The summed E-state index contributed by atoms with van der Waals surface area (Å²) in [6.45, 7) is 2.65. The molecule has 0 saturated carbocycles. The topological polar surface area (TPSA) is 152 Å². The van der Waals surface area contributed by atoms with Crippen molar-refractivity contribution in [1.29, 1.82) is 0 Å². The smallest absolute Gasteiger partial charge is 0.408 e. The van der Waals surface area contributed by atoms with E-state index in [0.29, 0.717) is 32.4 Å². The zero-order chi connectivity index (χ0) is 37.5. The first-order chi connectivity index (χ1) is 25.0. The number of unbranched alkanes of at least 4 members (excludes halogenated alkanes) is 1. The predicted molar refractivity (Wildman–Crippen MR) is 189 cm³/mol. The molecule has 11 nitrogen and oxygen atoms in total. The fourth-order valence-corrected chi connectivity index (χ4v) is 5.88. The number of benzene rings is 3. The second-order valence-electron chi connectivity index (χ2n) is 12.4. The molecule has 14 heteroatoms. The van der Waals surface area contributed by atoms with Crippen molar-refractivity contribution in [3.63, 3.8) is 0 Å². The second-order valence-corrected chi connectivity index (χ2v) is 12.8. The van der Waals surface area contributed by atoms with Crippen molar-refractivity contribution in [3.8, 4) is 0 Å². The molecule has 0 radical (unpaired) electrons. The van der Waals surface area contributed by atoms with Crippen LogP contribution in [-0.2, 0) is 41.2 Å². The molecule has 4 amide bonds. The van der Waals surface area contributed by atoms with Gasteiger partial charge in [-0.15, -0.1) is 0 Å². The Bertz CT molecular complexity index is 1670. The lowest BCUT2D eigenvalue weighted by Crippen LogP contribution is -2.55. The van der Waals surface area contributed by atoms with Crippen LogP contribution >= 0.6 is 11.6 Å². The number of halogens is 3. The van der Waals surface area contributed by atoms with Crippen molar-refractivity contribution in [2.24, 2.45) is 5.92 Å². The van der Waals surface area contributed by atoms with E-state index < -0.39 is 59.3 Å². The molecule has 0 aromatic heterocycles. The maximum absolute atomic E-state index is 16.0. The fourth-order valence-electron chi connectivity index (χ4n) is 5.69. The summed E-state index contributed by atoms with van der Waals surface area (Å²) >= 11 is 5.99. The zero-order valence-electron chi connectivity index (χ0n) is 28.7. The number of ether oxygens (including phenoxy) is 2. The van der Waals surface area contributed by atoms with Crippen molar-refractivity contribution in [3.05, 3.63) is 107 Å². The van der Waals surface area contributed by atoms with Gasteiger partial charge in [-0.2, -0.15) is 8.78 Å². The van der Waals surface area contributed by atoms with E-state index in [-0.39, 0.29) is 42.5 Å². The third kappa shape index (κ3) is 11.6. The molecule has 1 aliphatic rings. The van der Waals surface area contributed by atoms with E-state index >= 15 is 8.78 Å². The average molecular weight is 741 g/mol. The van der Waals surface area contributed by atoms with Gasteiger partial charge in [0.1, 0.15) is 6.04 Å². The highest BCUT2D eigenvalue weighted by molar-refractivity contribution is 6.38. The summed E-state index contributed by atoms with van der Waals surface area (Å²) in [6.07, 6.45) is -2.07. The third-order valence-electron chi connectivity index (χ3n) is 8.50. The van der Waals surface area contributed by atoms with Gasteiger partial charge in [-0.05, 0) is 42.5 Å². The normalized spacial score (nSPS) is 15.8. The van der Waals surface area contributed by atoms with E-state index in [1.54, 1.807) is 6.07 Å². The zero-order valence-corrected chi connectivity index (χ0v) is 29.5. The van der Waals surface area contributed by atoms with Gasteiger partial charge in [0.05, 0.1) is 19.3 Å². The monoisotopic (exact) mass is 740 g/mol. The molecule has 4 N–H and O–H groups in total. The molecule has 3 aromatic rings. The minimum Gasteiger partial charge on any atom is -0.434 e. The van der Waals surface area contributed by atoms with Gasteiger partial charge in [-0.1, -0.05) is 104 Å². The number of alkyl carbamates (subject to hydrolysis) is 1. The predicted octanol–water partition coefficient (Wildman–Crippen LogP) is 5.37. The molecular weight excluding hydrogens is 698 g/mol. The number of rotatable bonds is 19. The van der Waals surface area contributed by atoms with Crippen molar-refractivity contribution < 1.29 is 42.2 Å².